The van der Waals surface area contributed by atoms with E-state index in [1.165, 1.54) is 51.9 Å². The predicted octanol–water partition coefficient (Wildman–Crippen LogP) is 12.5. The van der Waals surface area contributed by atoms with Crippen LogP contribution in [0, 0.1) is 35.5 Å². The van der Waals surface area contributed by atoms with Crippen molar-refractivity contribution in [3.63, 3.8) is 0 Å². The molecule has 6 fully saturated rings. The molecule has 18 heteroatoms. The van der Waals surface area contributed by atoms with E-state index in [9.17, 15) is 44.4 Å². The summed E-state index contributed by atoms with van der Waals surface area (Å²) < 4.78 is 26.5. The van der Waals surface area contributed by atoms with Gasteiger partial charge in [-0.3, -0.25) is 38.7 Å². The maximum atomic E-state index is 13.1. The number of fused-ring (bicyclic) bond motifs is 6. The molecule has 0 spiro atoms. The number of hydrogen-bond donors (Lipinski definition) is 5. The van der Waals surface area contributed by atoms with Crippen LogP contribution in [0.5, 0.6) is 17.2 Å². The van der Waals surface area contributed by atoms with Crippen LogP contribution in [-0.4, -0.2) is 156 Å². The van der Waals surface area contributed by atoms with Gasteiger partial charge in [0.1, 0.15) is 29.3 Å². The van der Waals surface area contributed by atoms with Gasteiger partial charge in [-0.2, -0.15) is 0 Å². The zero-order chi connectivity index (χ0) is 72.6. The fourth-order valence-electron chi connectivity index (χ4n) is 18.6. The molecule has 6 aromatic rings. The molecule has 6 aromatic carbocycles. The first-order chi connectivity index (χ1) is 48.7. The molecule has 15 atom stereocenters. The van der Waals surface area contributed by atoms with Crippen LogP contribution in [0.3, 0.4) is 0 Å². The summed E-state index contributed by atoms with van der Waals surface area (Å²) in [6.07, 6.45) is 10.2. The Morgan fingerprint density at radius 3 is 1.12 bits per heavy atom. The van der Waals surface area contributed by atoms with Crippen molar-refractivity contribution in [2.45, 2.75) is 164 Å². The third-order valence-corrected chi connectivity index (χ3v) is 23.8. The molecule has 6 unspecified atom stereocenters. The maximum absolute atomic E-state index is 13.1. The molecule has 0 aromatic heterocycles. The second-order valence-electron chi connectivity index (χ2n) is 28.7. The average molecular weight is 1390 g/mol. The van der Waals surface area contributed by atoms with Crippen LogP contribution < -0.4 is 4.74 Å². The Morgan fingerprint density at radius 1 is 0.436 bits per heavy atom. The number of ether oxygens (including phenoxy) is 5. The second kappa shape index (κ2) is 35.3. The van der Waals surface area contributed by atoms with Crippen molar-refractivity contribution in [3.8, 4) is 17.2 Å². The number of carbonyl (C=O) groups excluding carboxylic acids is 5. The number of hydrogen-bond acceptors (Lipinski definition) is 18. The molecule has 18 nitrogen and oxygen atoms in total. The van der Waals surface area contributed by atoms with E-state index in [1.807, 2.05) is 133 Å². The Hall–Kier alpha value is -7.97. The first-order valence-electron chi connectivity index (χ1n) is 36.1. The fourth-order valence-corrected chi connectivity index (χ4v) is 18.6. The molecule has 3 aliphatic carbocycles. The Labute approximate surface area is 596 Å². The van der Waals surface area contributed by atoms with Crippen molar-refractivity contribution in [1.82, 2.24) is 14.7 Å². The molecule has 101 heavy (non-hydrogen) atoms. The summed E-state index contributed by atoms with van der Waals surface area (Å²) in [7, 11) is 5.16. The van der Waals surface area contributed by atoms with Gasteiger partial charge in [0.25, 0.3) is 0 Å². The fraction of sp³-hybridized carbons (Fsp3) is 0.506. The third-order valence-electron chi connectivity index (χ3n) is 23.8. The molecule has 3 saturated heterocycles. The highest BCUT2D eigenvalue weighted by atomic mass is 16.6. The molecule has 5 N–H and O–H groups in total. The van der Waals surface area contributed by atoms with Crippen LogP contribution in [-0.2, 0) is 59.2 Å². The van der Waals surface area contributed by atoms with Crippen molar-refractivity contribution in [3.05, 3.63) is 197 Å². The minimum Gasteiger partial charge on any atom is -0.508 e. The molecule has 3 heterocycles. The number of aromatic hydroxyl groups is 2. The zero-order valence-electron chi connectivity index (χ0n) is 60.4. The van der Waals surface area contributed by atoms with Crippen molar-refractivity contribution in [2.24, 2.45) is 35.5 Å². The van der Waals surface area contributed by atoms with E-state index in [-0.39, 0.29) is 46.2 Å². The number of likely N-dealkylation sites (tertiary alicyclic amines) is 3. The molecular formula is C83H107N3O15. The lowest BCUT2D eigenvalue weighted by Crippen LogP contribution is -2.59. The largest absolute Gasteiger partial charge is 0.508 e. The van der Waals surface area contributed by atoms with Gasteiger partial charge < -0.3 is 49.2 Å². The normalized spacial score (nSPS) is 26.4. The summed E-state index contributed by atoms with van der Waals surface area (Å²) in [5, 5.41) is 49.1. The highest BCUT2D eigenvalue weighted by Crippen LogP contribution is 2.55. The molecule has 0 radical (unpaired) electrons. The zero-order valence-corrected chi connectivity index (χ0v) is 60.4. The van der Waals surface area contributed by atoms with Gasteiger partial charge in [-0.25, -0.2) is 0 Å². The average Bonchev–Trinajstić information content (AvgIpc) is 0.754. The summed E-state index contributed by atoms with van der Waals surface area (Å²) in [5.74, 6) is -1.46. The Bertz CT molecular complexity index is 3530. The molecule has 3 saturated carbocycles. The lowest BCUT2D eigenvalue weighted by atomic mass is 9.57. The number of carbonyl (C=O) groups is 5. The van der Waals surface area contributed by atoms with Gasteiger partial charge in [0, 0.05) is 75.0 Å². The Kier molecular flexibility index (Phi) is 27.0. The quantitative estimate of drug-likeness (QED) is 0.0271. The van der Waals surface area contributed by atoms with Crippen LogP contribution in [0.4, 0.5) is 0 Å². The van der Waals surface area contributed by atoms with Crippen LogP contribution in [0.1, 0.15) is 163 Å². The smallest absolute Gasteiger partial charge is 0.314 e. The van der Waals surface area contributed by atoms with E-state index in [1.54, 1.807) is 12.1 Å². The standard InChI is InChI=1S/C30H37NO6.2C26H33NO4.CH4O/c1-20-27-14-9-15-30(20,24-12-8-13-25(18-24)36-21(2)32)16-17-31(27)19-26(29(34)35-4)28(37-22(3)33)23-10-6-5-7-11-23;2*1-18-23-12-7-13-26(18,20-10-6-11-21(28)16-20)14-15-27(23)17-22(25(30)31-2)24(29)19-8-4-3-5-9-19;1-2/h5-8,10-13,18,20,26-28H,9,14-17,19H2,1-4H3;2*3-6,8-11,16,18,22-24,28-29H,7,12-15,17H2,1-2H3;2H,1H3/t20-,26+,27?,28-,30?;18-,22+,23?,24-,26?;18-,22-,23?,24-,26?;/m000./s1. The summed E-state index contributed by atoms with van der Waals surface area (Å²) in [6.45, 7) is 13.6. The van der Waals surface area contributed by atoms with E-state index >= 15 is 0 Å². The van der Waals surface area contributed by atoms with Gasteiger partial charge in [0.05, 0.1) is 45.4 Å². The van der Waals surface area contributed by atoms with Crippen molar-refractivity contribution < 1.29 is 73.2 Å². The topological polar surface area (TPSA) is 242 Å². The minimum atomic E-state index is -0.898. The number of esters is 5. The monoisotopic (exact) mass is 1390 g/mol. The number of piperidine rings is 3. The molecular weight excluding hydrogens is 1280 g/mol. The summed E-state index contributed by atoms with van der Waals surface area (Å²) in [5.41, 5.74) is 5.98. The molecule has 12 rings (SSSR count). The predicted molar refractivity (Wildman–Crippen MR) is 386 cm³/mol. The van der Waals surface area contributed by atoms with E-state index in [2.05, 4.69) is 53.7 Å². The van der Waals surface area contributed by atoms with Gasteiger partial charge >= 0.3 is 29.8 Å². The number of methoxy groups -OCH3 is 3. The number of benzene rings is 6. The highest BCUT2D eigenvalue weighted by Gasteiger charge is 2.54. The molecule has 6 aliphatic rings. The van der Waals surface area contributed by atoms with Gasteiger partial charge in [-0.15, -0.1) is 0 Å². The lowest BCUT2D eigenvalue weighted by molar-refractivity contribution is -0.162. The van der Waals surface area contributed by atoms with Crippen LogP contribution in [0.15, 0.2) is 164 Å². The number of rotatable bonds is 20. The molecule has 0 amide bonds. The van der Waals surface area contributed by atoms with Gasteiger partial charge in [-0.1, -0.05) is 167 Å². The minimum absolute atomic E-state index is 0.0228. The maximum Gasteiger partial charge on any atom is 0.314 e. The number of nitrogens with zero attached hydrogens (tertiary/aromatic N) is 3. The summed E-state index contributed by atoms with van der Waals surface area (Å²) in [4.78, 5) is 69.1. The van der Waals surface area contributed by atoms with Gasteiger partial charge in [-0.05, 0) is 165 Å². The van der Waals surface area contributed by atoms with Crippen LogP contribution in [0.25, 0.3) is 0 Å². The number of phenolic OH excluding ortho intramolecular Hbond substituents is 2. The van der Waals surface area contributed by atoms with Crippen molar-refractivity contribution in [2.75, 3.05) is 67.7 Å². The first kappa shape index (κ1) is 77.2. The highest BCUT2D eigenvalue weighted by molar-refractivity contribution is 5.75. The summed E-state index contributed by atoms with van der Waals surface area (Å²) >= 11 is 0. The van der Waals surface area contributed by atoms with E-state index < -0.39 is 42.0 Å². The Morgan fingerprint density at radius 2 is 0.772 bits per heavy atom. The molecule has 544 valence electrons. The van der Waals surface area contributed by atoms with Crippen LogP contribution in [0.2, 0.25) is 0 Å². The number of aliphatic hydroxyl groups is 3. The molecule has 6 bridgehead atoms. The van der Waals surface area contributed by atoms with Crippen molar-refractivity contribution >= 4 is 29.8 Å². The third kappa shape index (κ3) is 17.4. The molecule has 3 aliphatic heterocycles. The Balaban J connectivity index is 0.000000175. The van der Waals surface area contributed by atoms with Gasteiger partial charge in [0.15, 0.2) is 0 Å². The van der Waals surface area contributed by atoms with E-state index in [0.717, 1.165) is 120 Å². The number of aliphatic hydroxyl groups excluding tert-OH is 3. The van der Waals surface area contributed by atoms with E-state index in [0.29, 0.717) is 66.7 Å². The first-order valence-corrected chi connectivity index (χ1v) is 36.1. The van der Waals surface area contributed by atoms with Crippen molar-refractivity contribution in [1.29, 1.82) is 0 Å². The van der Waals surface area contributed by atoms with Crippen LogP contribution >= 0.6 is 0 Å². The lowest BCUT2D eigenvalue weighted by Gasteiger charge is -2.56. The van der Waals surface area contributed by atoms with Gasteiger partial charge in [0.2, 0.25) is 0 Å². The second-order valence-corrected chi connectivity index (χ2v) is 28.7. The summed E-state index contributed by atoms with van der Waals surface area (Å²) in [6, 6.07) is 52.5. The van der Waals surface area contributed by atoms with E-state index in [4.69, 9.17) is 28.8 Å². The SMILES string of the molecule is CO.COC(=O)[C@@H](CN1CCC2(c3cccc(O)c3)CCCC1[C@@H]2C)[C@@H](O)c1ccccc1.COC(=O)[C@H](CN1CCC2(c3cccc(O)c3)CCCC1[C@@H]2C)[C@@H](O)c1ccccc1.COC(=O)[C@H](CN1CCC2(c3cccc(OC(C)=O)c3)CCCC1[C@@H]2C)[C@@H](OC(C)=O)c1ccccc1. The number of phenols is 2.